The van der Waals surface area contributed by atoms with E-state index in [0.29, 0.717) is 0 Å². The van der Waals surface area contributed by atoms with E-state index in [1.54, 1.807) is 0 Å². The van der Waals surface area contributed by atoms with Crippen molar-refractivity contribution >= 4 is 35.8 Å². The summed E-state index contributed by atoms with van der Waals surface area (Å²) in [6, 6.07) is 0. The number of carboxylic acid groups (broad SMARTS) is 6. The summed E-state index contributed by atoms with van der Waals surface area (Å²) < 4.78 is 0. The SMILES string of the molecule is O.O=C([O-])C(=O)[O-].O=C([O-])C(=O)[O-].O=C([O-])C(=O)[O-].[Co+2].[Mn+2].[Ni+2]. The molecule has 0 aliphatic carbocycles. The zero-order valence-corrected chi connectivity index (χ0v) is 12.6. The molecule has 0 heterocycles. The summed E-state index contributed by atoms with van der Waals surface area (Å²) in [5.74, 6) is -13.1. The molecule has 0 unspecified atom stereocenters. The molecule has 0 saturated carbocycles. The van der Waals surface area contributed by atoms with Gasteiger partial charge in [-0.15, -0.1) is 0 Å². The van der Waals surface area contributed by atoms with Gasteiger partial charge in [0.05, 0.1) is 35.8 Å². The smallest absolute Gasteiger partial charge is 0.543 e. The molecule has 16 heteroatoms. The van der Waals surface area contributed by atoms with Gasteiger partial charge < -0.3 is 64.9 Å². The maximum absolute atomic E-state index is 8.93. The zero-order chi connectivity index (χ0) is 15.5. The van der Waals surface area contributed by atoms with Gasteiger partial charge >= 0.3 is 50.3 Å². The Morgan fingerprint density at radius 3 is 0.500 bits per heavy atom. The molecule has 0 fully saturated rings. The van der Waals surface area contributed by atoms with E-state index in [-0.39, 0.29) is 55.8 Å². The Morgan fingerprint density at radius 2 is 0.500 bits per heavy atom. The summed E-state index contributed by atoms with van der Waals surface area (Å²) in [5, 5.41) is 53.6. The van der Waals surface area contributed by atoms with Gasteiger partial charge in [-0.05, 0) is 0 Å². The molecule has 0 rings (SSSR count). The second-order valence-corrected chi connectivity index (χ2v) is 1.72. The number of carboxylic acids is 6. The number of carbonyl (C=O) groups is 6. The summed E-state index contributed by atoms with van der Waals surface area (Å²) in [6.45, 7) is 0. The Labute approximate surface area is 151 Å². The summed E-state index contributed by atoms with van der Waals surface area (Å²) in [4.78, 5) is 53.6. The largest absolute Gasteiger partial charge is 2.00 e. The van der Waals surface area contributed by atoms with Crippen molar-refractivity contribution in [3.63, 3.8) is 0 Å². The fourth-order valence-corrected chi connectivity index (χ4v) is 0. The van der Waals surface area contributed by atoms with Gasteiger partial charge in [0.1, 0.15) is 0 Å². The summed E-state index contributed by atoms with van der Waals surface area (Å²) in [6.07, 6.45) is 0. The summed E-state index contributed by atoms with van der Waals surface area (Å²) in [5.41, 5.74) is 0. The van der Waals surface area contributed by atoms with E-state index in [4.69, 9.17) is 59.4 Å². The molecule has 0 aliphatic heterocycles. The molecule has 2 radical (unpaired) electrons. The number of hydrogen-bond acceptors (Lipinski definition) is 12. The maximum atomic E-state index is 8.93. The van der Waals surface area contributed by atoms with Crippen LogP contribution in [0.2, 0.25) is 0 Å². The van der Waals surface area contributed by atoms with E-state index < -0.39 is 35.8 Å². The van der Waals surface area contributed by atoms with Crippen LogP contribution in [-0.2, 0) is 79.1 Å². The van der Waals surface area contributed by atoms with Crippen molar-refractivity contribution in [1.29, 1.82) is 0 Å². The molecule has 130 valence electrons. The molecule has 0 atom stereocenters. The molecular weight excluding hydrogens is 453 g/mol. The molecule has 0 aromatic carbocycles. The Hall–Kier alpha value is -1.70. The van der Waals surface area contributed by atoms with Crippen molar-refractivity contribution in [2.24, 2.45) is 0 Å². The van der Waals surface area contributed by atoms with E-state index in [9.17, 15) is 0 Å². The van der Waals surface area contributed by atoms with E-state index in [1.807, 2.05) is 0 Å². The topological polar surface area (TPSA) is 272 Å². The molecule has 0 amide bonds. The number of hydrogen-bond donors (Lipinski definition) is 0. The van der Waals surface area contributed by atoms with Gasteiger partial charge in [-0.3, -0.25) is 0 Å². The summed E-state index contributed by atoms with van der Waals surface area (Å²) >= 11 is 0. The van der Waals surface area contributed by atoms with Crippen LogP contribution in [0.25, 0.3) is 0 Å². The predicted molar refractivity (Wildman–Crippen MR) is 33.7 cm³/mol. The van der Waals surface area contributed by atoms with Gasteiger partial charge in [0.2, 0.25) is 0 Å². The van der Waals surface area contributed by atoms with E-state index in [2.05, 4.69) is 0 Å². The van der Waals surface area contributed by atoms with Gasteiger partial charge in [-0.1, -0.05) is 0 Å². The van der Waals surface area contributed by atoms with Crippen molar-refractivity contribution in [2.45, 2.75) is 0 Å². The molecule has 2 N–H and O–H groups in total. The number of rotatable bonds is 0. The predicted octanol–water partition coefficient (Wildman–Crippen LogP) is -11.4. The Morgan fingerprint density at radius 1 is 0.455 bits per heavy atom. The van der Waals surface area contributed by atoms with Crippen molar-refractivity contribution in [2.75, 3.05) is 0 Å². The normalized spacial score (nSPS) is 6.00. The molecule has 0 bridgehead atoms. The second-order valence-electron chi connectivity index (χ2n) is 1.72. The van der Waals surface area contributed by atoms with Crippen LogP contribution in [0.15, 0.2) is 0 Å². The van der Waals surface area contributed by atoms with Crippen LogP contribution in [0.3, 0.4) is 0 Å². The standard InChI is InChI=1S/3C2H2O4.Co.Mn.Ni.H2O/c3*3-1(4)2(5)6;;;;/h3*(H,3,4)(H,5,6);;;;1H2/q;;;3*+2;/p-6. The second kappa shape index (κ2) is 24.3. The maximum Gasteiger partial charge on any atom is 2.00 e. The van der Waals surface area contributed by atoms with Crippen molar-refractivity contribution in [3.8, 4) is 0 Å². The minimum absolute atomic E-state index is 0. The quantitative estimate of drug-likeness (QED) is 0.243. The van der Waals surface area contributed by atoms with Crippen molar-refractivity contribution < 1.29 is 115 Å². The Balaban J connectivity index is -0.0000000281. The first-order chi connectivity index (χ1) is 7.93. The van der Waals surface area contributed by atoms with Gasteiger partial charge in [0, 0.05) is 0 Å². The average molecular weight is 455 g/mol. The first-order valence-corrected chi connectivity index (χ1v) is 3.20. The minimum atomic E-state index is -2.19. The van der Waals surface area contributed by atoms with E-state index in [1.165, 1.54) is 0 Å². The molecule has 0 aromatic heterocycles. The van der Waals surface area contributed by atoms with Gasteiger partial charge in [0.25, 0.3) is 0 Å². The molecule has 13 nitrogen and oxygen atoms in total. The minimum Gasteiger partial charge on any atom is -0.543 e. The fraction of sp³-hybridized carbons (Fsp3) is 0. The average Bonchev–Trinajstić information content (AvgIpc) is 2.18. The van der Waals surface area contributed by atoms with Crippen LogP contribution < -0.4 is 30.6 Å². The number of carbonyl (C=O) groups excluding carboxylic acids is 6. The fourth-order valence-electron chi connectivity index (χ4n) is 0. The molecular formula is C6H2CoMnNiO13. The van der Waals surface area contributed by atoms with E-state index >= 15 is 0 Å². The molecule has 0 spiro atoms. The van der Waals surface area contributed by atoms with Crippen LogP contribution >= 0.6 is 0 Å². The Bertz CT molecular complexity index is 290. The molecule has 0 aromatic rings. The zero-order valence-electron chi connectivity index (χ0n) is 9.43. The van der Waals surface area contributed by atoms with Crippen LogP contribution in [0.1, 0.15) is 0 Å². The third-order valence-electron chi connectivity index (χ3n) is 0.500. The first-order valence-electron chi connectivity index (χ1n) is 3.20. The van der Waals surface area contributed by atoms with Gasteiger partial charge in [-0.2, -0.15) is 0 Å². The Kier molecular flexibility index (Phi) is 47.3. The monoisotopic (exact) mass is 454 g/mol. The third kappa shape index (κ3) is 51.6. The molecule has 0 aliphatic rings. The van der Waals surface area contributed by atoms with E-state index in [0.717, 1.165) is 0 Å². The molecule has 0 saturated heterocycles. The van der Waals surface area contributed by atoms with Crippen molar-refractivity contribution in [1.82, 2.24) is 0 Å². The number of aliphatic carboxylic acids is 6. The van der Waals surface area contributed by atoms with Crippen molar-refractivity contribution in [3.05, 3.63) is 0 Å². The van der Waals surface area contributed by atoms with Gasteiger partial charge in [-0.25, -0.2) is 0 Å². The van der Waals surface area contributed by atoms with Gasteiger partial charge in [0.15, 0.2) is 0 Å². The first kappa shape index (κ1) is 42.7. The van der Waals surface area contributed by atoms with Crippen LogP contribution in [-0.4, -0.2) is 41.3 Å². The molecule has 22 heavy (non-hydrogen) atoms. The van der Waals surface area contributed by atoms with Crippen LogP contribution in [0, 0.1) is 0 Å². The van der Waals surface area contributed by atoms with Crippen LogP contribution in [0.4, 0.5) is 0 Å². The van der Waals surface area contributed by atoms with Crippen LogP contribution in [0.5, 0.6) is 0 Å². The summed E-state index contributed by atoms with van der Waals surface area (Å²) in [7, 11) is 0. The third-order valence-corrected chi connectivity index (χ3v) is 0.500.